The topological polar surface area (TPSA) is 53.9 Å². The molecule has 2 heterocycles. The van der Waals surface area contributed by atoms with E-state index >= 15 is 0 Å². The highest BCUT2D eigenvalue weighted by Crippen LogP contribution is 2.15. The van der Waals surface area contributed by atoms with Crippen molar-refractivity contribution in [3.8, 4) is 11.6 Å². The average Bonchev–Trinajstić information content (AvgIpc) is 2.85. The first kappa shape index (κ1) is 9.02. The predicted molar refractivity (Wildman–Crippen MR) is 53.7 cm³/mol. The molecule has 0 aliphatic heterocycles. The molecular weight excluding hydrogens is 178 g/mol. The highest BCUT2D eigenvalue weighted by Gasteiger charge is 2.04. The van der Waals surface area contributed by atoms with Gasteiger partial charge in [0.1, 0.15) is 0 Å². The van der Waals surface area contributed by atoms with Crippen LogP contribution in [0.25, 0.3) is 11.6 Å². The molecule has 0 saturated carbocycles. The van der Waals surface area contributed by atoms with E-state index in [0.29, 0.717) is 0 Å². The van der Waals surface area contributed by atoms with E-state index < -0.39 is 0 Å². The Morgan fingerprint density at radius 3 is 3.21 bits per heavy atom. The summed E-state index contributed by atoms with van der Waals surface area (Å²) < 4.78 is 5.22. The third kappa shape index (κ3) is 1.85. The van der Waals surface area contributed by atoms with Crippen molar-refractivity contribution >= 4 is 0 Å². The molecule has 14 heavy (non-hydrogen) atoms. The van der Waals surface area contributed by atoms with Gasteiger partial charge in [-0.2, -0.15) is 0 Å². The van der Waals surface area contributed by atoms with Crippen LogP contribution in [0.1, 0.15) is 12.6 Å². The number of rotatable bonds is 4. The molecular formula is C10H13N3O. The molecule has 2 aromatic rings. The first-order chi connectivity index (χ1) is 6.90. The molecule has 0 radical (unpaired) electrons. The molecule has 0 fully saturated rings. The number of aromatic amines is 1. The van der Waals surface area contributed by atoms with Crippen LogP contribution >= 0.6 is 0 Å². The molecule has 2 aromatic heterocycles. The standard InChI is InChI=1S/C10H13N3O/c1-2-11-6-8-7-12-10(13-8)9-4-3-5-14-9/h3-5,7,11H,2,6H2,1H3,(H,12,13). The van der Waals surface area contributed by atoms with Crippen molar-refractivity contribution in [3.63, 3.8) is 0 Å². The molecule has 0 bridgehead atoms. The van der Waals surface area contributed by atoms with Crippen LogP contribution in [0.5, 0.6) is 0 Å². The van der Waals surface area contributed by atoms with Gasteiger partial charge in [0, 0.05) is 12.2 Å². The molecule has 0 atom stereocenters. The molecule has 74 valence electrons. The summed E-state index contributed by atoms with van der Waals surface area (Å²) in [6, 6.07) is 3.73. The minimum absolute atomic E-state index is 0.771. The van der Waals surface area contributed by atoms with Crippen molar-refractivity contribution in [1.82, 2.24) is 15.3 Å². The third-order valence-electron chi connectivity index (χ3n) is 1.95. The Morgan fingerprint density at radius 1 is 1.57 bits per heavy atom. The summed E-state index contributed by atoms with van der Waals surface area (Å²) in [4.78, 5) is 7.41. The number of nitrogens with zero attached hydrogens (tertiary/aromatic N) is 1. The van der Waals surface area contributed by atoms with Crippen LogP contribution in [-0.2, 0) is 6.54 Å². The van der Waals surface area contributed by atoms with E-state index in [1.807, 2.05) is 18.3 Å². The van der Waals surface area contributed by atoms with E-state index in [1.54, 1.807) is 6.26 Å². The van der Waals surface area contributed by atoms with Crippen LogP contribution in [0.15, 0.2) is 29.0 Å². The van der Waals surface area contributed by atoms with Crippen molar-refractivity contribution in [1.29, 1.82) is 0 Å². The summed E-state index contributed by atoms with van der Waals surface area (Å²) in [5.74, 6) is 1.55. The van der Waals surface area contributed by atoms with Crippen molar-refractivity contribution in [2.45, 2.75) is 13.5 Å². The first-order valence-corrected chi connectivity index (χ1v) is 4.68. The van der Waals surface area contributed by atoms with E-state index in [-0.39, 0.29) is 0 Å². The first-order valence-electron chi connectivity index (χ1n) is 4.68. The Kier molecular flexibility index (Phi) is 2.65. The average molecular weight is 191 g/mol. The zero-order chi connectivity index (χ0) is 9.80. The van der Waals surface area contributed by atoms with Gasteiger partial charge in [-0.15, -0.1) is 0 Å². The van der Waals surface area contributed by atoms with Gasteiger partial charge in [0.15, 0.2) is 11.6 Å². The number of aromatic nitrogens is 2. The number of nitrogens with one attached hydrogen (secondary N) is 2. The second-order valence-corrected chi connectivity index (χ2v) is 3.01. The Hall–Kier alpha value is -1.55. The molecule has 0 aliphatic carbocycles. The van der Waals surface area contributed by atoms with Gasteiger partial charge in [-0.3, -0.25) is 0 Å². The summed E-state index contributed by atoms with van der Waals surface area (Å²) in [7, 11) is 0. The lowest BCUT2D eigenvalue weighted by Gasteiger charge is -1.96. The van der Waals surface area contributed by atoms with Crippen molar-refractivity contribution in [2.75, 3.05) is 6.54 Å². The normalized spacial score (nSPS) is 10.6. The molecule has 4 heteroatoms. The van der Waals surface area contributed by atoms with Crippen molar-refractivity contribution < 1.29 is 4.42 Å². The number of H-pyrrole nitrogens is 1. The maximum absolute atomic E-state index is 5.22. The summed E-state index contributed by atoms with van der Waals surface area (Å²) in [6.45, 7) is 3.84. The highest BCUT2D eigenvalue weighted by molar-refractivity contribution is 5.46. The van der Waals surface area contributed by atoms with Crippen molar-refractivity contribution in [2.24, 2.45) is 0 Å². The van der Waals surface area contributed by atoms with Gasteiger partial charge in [-0.25, -0.2) is 4.98 Å². The number of hydrogen-bond donors (Lipinski definition) is 2. The monoisotopic (exact) mass is 191 g/mol. The lowest BCUT2D eigenvalue weighted by atomic mass is 10.4. The van der Waals surface area contributed by atoms with Gasteiger partial charge in [-0.1, -0.05) is 6.92 Å². The second-order valence-electron chi connectivity index (χ2n) is 3.01. The molecule has 0 amide bonds. The zero-order valence-corrected chi connectivity index (χ0v) is 8.08. The quantitative estimate of drug-likeness (QED) is 0.774. The van der Waals surface area contributed by atoms with Gasteiger partial charge in [-0.05, 0) is 18.7 Å². The van der Waals surface area contributed by atoms with Gasteiger partial charge < -0.3 is 14.7 Å². The minimum atomic E-state index is 0.771. The van der Waals surface area contributed by atoms with E-state index in [9.17, 15) is 0 Å². The Balaban J connectivity index is 2.10. The van der Waals surface area contributed by atoms with Crippen LogP contribution in [0.3, 0.4) is 0 Å². The zero-order valence-electron chi connectivity index (χ0n) is 8.08. The van der Waals surface area contributed by atoms with Crippen LogP contribution in [0, 0.1) is 0 Å². The molecule has 2 N–H and O–H groups in total. The van der Waals surface area contributed by atoms with Crippen LogP contribution < -0.4 is 5.32 Å². The van der Waals surface area contributed by atoms with E-state index in [4.69, 9.17) is 4.42 Å². The molecule has 0 aliphatic rings. The predicted octanol–water partition coefficient (Wildman–Crippen LogP) is 1.78. The molecule has 0 saturated heterocycles. The largest absolute Gasteiger partial charge is 0.461 e. The smallest absolute Gasteiger partial charge is 0.173 e. The van der Waals surface area contributed by atoms with Gasteiger partial charge >= 0.3 is 0 Å². The number of hydrogen-bond acceptors (Lipinski definition) is 3. The molecule has 0 spiro atoms. The number of imidazole rings is 1. The van der Waals surface area contributed by atoms with Crippen LogP contribution in [0.2, 0.25) is 0 Å². The SMILES string of the molecule is CCNCc1cnc(-c2ccco2)[nH]1. The van der Waals surface area contributed by atoms with E-state index in [2.05, 4.69) is 22.2 Å². The summed E-state index contributed by atoms with van der Waals surface area (Å²) in [5.41, 5.74) is 1.07. The Bertz CT molecular complexity index is 378. The van der Waals surface area contributed by atoms with Gasteiger partial charge in [0.25, 0.3) is 0 Å². The van der Waals surface area contributed by atoms with Gasteiger partial charge in [0.05, 0.1) is 12.5 Å². The summed E-state index contributed by atoms with van der Waals surface area (Å²) >= 11 is 0. The van der Waals surface area contributed by atoms with E-state index in [0.717, 1.165) is 30.4 Å². The molecule has 0 aromatic carbocycles. The summed E-state index contributed by atoms with van der Waals surface area (Å²) in [5, 5.41) is 3.22. The Labute approximate surface area is 82.4 Å². The maximum Gasteiger partial charge on any atom is 0.173 e. The second kappa shape index (κ2) is 4.11. The summed E-state index contributed by atoms with van der Waals surface area (Å²) in [6.07, 6.45) is 3.46. The molecule has 2 rings (SSSR count). The number of furan rings is 1. The van der Waals surface area contributed by atoms with Crippen LogP contribution in [-0.4, -0.2) is 16.5 Å². The minimum Gasteiger partial charge on any atom is -0.461 e. The lowest BCUT2D eigenvalue weighted by Crippen LogP contribution is -2.11. The molecule has 0 unspecified atom stereocenters. The van der Waals surface area contributed by atoms with Crippen LogP contribution in [0.4, 0.5) is 0 Å². The fraction of sp³-hybridized carbons (Fsp3) is 0.300. The molecule has 4 nitrogen and oxygen atoms in total. The Morgan fingerprint density at radius 2 is 2.50 bits per heavy atom. The van der Waals surface area contributed by atoms with Crippen molar-refractivity contribution in [3.05, 3.63) is 30.3 Å². The fourth-order valence-electron chi connectivity index (χ4n) is 1.25. The fourth-order valence-corrected chi connectivity index (χ4v) is 1.25. The van der Waals surface area contributed by atoms with E-state index in [1.165, 1.54) is 0 Å². The lowest BCUT2D eigenvalue weighted by molar-refractivity contribution is 0.578. The third-order valence-corrected chi connectivity index (χ3v) is 1.95. The maximum atomic E-state index is 5.22. The highest BCUT2D eigenvalue weighted by atomic mass is 16.3. The van der Waals surface area contributed by atoms with Gasteiger partial charge in [0.2, 0.25) is 0 Å².